The summed E-state index contributed by atoms with van der Waals surface area (Å²) < 4.78 is 11.0. The first-order valence-corrected chi connectivity index (χ1v) is 11.6. The minimum absolute atomic E-state index is 0.491. The van der Waals surface area contributed by atoms with Crippen LogP contribution in [0.1, 0.15) is 56.7 Å². The molecule has 1 N–H and O–H groups in total. The van der Waals surface area contributed by atoms with E-state index in [-0.39, 0.29) is 0 Å². The summed E-state index contributed by atoms with van der Waals surface area (Å²) in [5.41, 5.74) is 5.57. The van der Waals surface area contributed by atoms with Crippen LogP contribution in [-0.4, -0.2) is 54.3 Å². The van der Waals surface area contributed by atoms with Gasteiger partial charge in [-0.3, -0.25) is 4.98 Å². The Morgan fingerprint density at radius 2 is 1.87 bits per heavy atom. The summed E-state index contributed by atoms with van der Waals surface area (Å²) in [6.07, 6.45) is 9.84. The number of piperidine rings is 1. The molecule has 3 aliphatic rings. The number of fused-ring (bicyclic) bond motifs is 2. The van der Waals surface area contributed by atoms with Crippen molar-refractivity contribution < 1.29 is 9.47 Å². The third-order valence-electron chi connectivity index (χ3n) is 7.39. The second-order valence-corrected chi connectivity index (χ2v) is 9.36. The van der Waals surface area contributed by atoms with Gasteiger partial charge in [-0.1, -0.05) is 6.92 Å². The number of pyridine rings is 2. The summed E-state index contributed by atoms with van der Waals surface area (Å²) in [5.74, 6) is 2.06. The van der Waals surface area contributed by atoms with E-state index >= 15 is 0 Å². The van der Waals surface area contributed by atoms with Gasteiger partial charge in [-0.15, -0.1) is 0 Å². The Morgan fingerprint density at radius 1 is 1.03 bits per heavy atom. The number of ether oxygens (including phenoxy) is 2. The van der Waals surface area contributed by atoms with Gasteiger partial charge in [0.25, 0.3) is 5.88 Å². The fourth-order valence-corrected chi connectivity index (χ4v) is 5.72. The number of likely N-dealkylation sites (tertiary alicyclic amines) is 1. The van der Waals surface area contributed by atoms with E-state index in [1.165, 1.54) is 68.6 Å². The Morgan fingerprint density at radius 3 is 2.57 bits per heavy atom. The van der Waals surface area contributed by atoms with Crippen molar-refractivity contribution in [2.24, 2.45) is 5.92 Å². The molecule has 2 aliphatic carbocycles. The Hall–Kier alpha value is -2.08. The number of anilines is 1. The molecule has 30 heavy (non-hydrogen) atoms. The van der Waals surface area contributed by atoms with E-state index in [0.29, 0.717) is 17.7 Å². The van der Waals surface area contributed by atoms with E-state index in [4.69, 9.17) is 19.4 Å². The van der Waals surface area contributed by atoms with Gasteiger partial charge in [0.1, 0.15) is 5.52 Å². The second kappa shape index (κ2) is 8.22. The Labute approximate surface area is 179 Å². The molecule has 2 aromatic rings. The van der Waals surface area contributed by atoms with Crippen LogP contribution in [-0.2, 0) is 12.8 Å². The number of nitrogens with one attached hydrogen (secondary N) is 1. The highest BCUT2D eigenvalue weighted by Crippen LogP contribution is 2.38. The lowest BCUT2D eigenvalue weighted by atomic mass is 10.0. The Kier molecular flexibility index (Phi) is 5.44. The molecular weight excluding hydrogens is 376 g/mol. The van der Waals surface area contributed by atoms with Gasteiger partial charge in [0.15, 0.2) is 5.75 Å². The molecule has 1 aliphatic heterocycles. The largest absolute Gasteiger partial charge is 0.491 e. The van der Waals surface area contributed by atoms with Crippen LogP contribution >= 0.6 is 0 Å². The summed E-state index contributed by atoms with van der Waals surface area (Å²) in [6.45, 7) is 4.80. The summed E-state index contributed by atoms with van der Waals surface area (Å²) in [5, 5.41) is 3.91. The second-order valence-electron chi connectivity index (χ2n) is 9.36. The molecule has 2 fully saturated rings. The average molecular weight is 411 g/mol. The smallest absolute Gasteiger partial charge is 0.257 e. The summed E-state index contributed by atoms with van der Waals surface area (Å²) in [6, 6.07) is 3.27. The van der Waals surface area contributed by atoms with Crippen LogP contribution in [0.5, 0.6) is 11.6 Å². The van der Waals surface area contributed by atoms with Crippen molar-refractivity contribution in [2.45, 2.75) is 70.4 Å². The first-order chi connectivity index (χ1) is 14.7. The fourth-order valence-electron chi connectivity index (χ4n) is 5.72. The van der Waals surface area contributed by atoms with Gasteiger partial charge in [0, 0.05) is 36.9 Å². The van der Waals surface area contributed by atoms with E-state index in [1.54, 1.807) is 14.2 Å². The minimum atomic E-state index is 0.491. The molecule has 2 unspecified atom stereocenters. The van der Waals surface area contributed by atoms with Crippen molar-refractivity contribution >= 4 is 16.7 Å². The molecule has 0 amide bonds. The number of hydrogen-bond donors (Lipinski definition) is 1. The van der Waals surface area contributed by atoms with Crippen molar-refractivity contribution in [3.8, 4) is 11.6 Å². The lowest BCUT2D eigenvalue weighted by Crippen LogP contribution is -2.43. The third-order valence-corrected chi connectivity index (χ3v) is 7.39. The van der Waals surface area contributed by atoms with Crippen LogP contribution in [0.3, 0.4) is 0 Å². The van der Waals surface area contributed by atoms with Crippen LogP contribution in [0.4, 0.5) is 5.69 Å². The number of aromatic nitrogens is 2. The molecular formula is C24H34N4O2. The molecule has 3 heterocycles. The summed E-state index contributed by atoms with van der Waals surface area (Å²) in [7, 11) is 3.29. The average Bonchev–Trinajstić information content (AvgIpc) is 3.42. The monoisotopic (exact) mass is 410 g/mol. The maximum atomic E-state index is 5.49. The lowest BCUT2D eigenvalue weighted by molar-refractivity contribution is 0.156. The molecule has 5 rings (SSSR count). The van der Waals surface area contributed by atoms with Crippen LogP contribution in [0.25, 0.3) is 11.0 Å². The molecule has 1 saturated carbocycles. The lowest BCUT2D eigenvalue weighted by Gasteiger charge is -2.37. The summed E-state index contributed by atoms with van der Waals surface area (Å²) >= 11 is 0. The molecule has 2 aromatic heterocycles. The van der Waals surface area contributed by atoms with Crippen LogP contribution in [0.2, 0.25) is 0 Å². The molecule has 6 nitrogen and oxygen atoms in total. The standard InChI is InChI=1S/C24H34N4O2/c1-15-7-8-17(13-15)28-11-9-16(10-12-28)25-22-18-5-4-6-19(18)26-20-14-21(29-2)24(30-3)27-23(20)22/h14-17H,4-13H2,1-3H3,(H,25,26). The van der Waals surface area contributed by atoms with Crippen molar-refractivity contribution in [3.63, 3.8) is 0 Å². The normalized spacial score (nSPS) is 24.9. The van der Waals surface area contributed by atoms with E-state index in [1.807, 2.05) is 6.07 Å². The van der Waals surface area contributed by atoms with E-state index in [0.717, 1.165) is 35.8 Å². The first kappa shape index (κ1) is 19.9. The zero-order chi connectivity index (χ0) is 20.7. The number of rotatable bonds is 5. The minimum Gasteiger partial charge on any atom is -0.491 e. The highest BCUT2D eigenvalue weighted by molar-refractivity contribution is 5.92. The van der Waals surface area contributed by atoms with Gasteiger partial charge in [-0.2, -0.15) is 0 Å². The first-order valence-electron chi connectivity index (χ1n) is 11.6. The zero-order valence-corrected chi connectivity index (χ0v) is 18.5. The molecule has 0 bridgehead atoms. The van der Waals surface area contributed by atoms with Crippen molar-refractivity contribution in [2.75, 3.05) is 32.6 Å². The molecule has 0 aromatic carbocycles. The predicted molar refractivity (Wildman–Crippen MR) is 120 cm³/mol. The van der Waals surface area contributed by atoms with E-state index in [9.17, 15) is 0 Å². The molecule has 0 radical (unpaired) electrons. The number of methoxy groups -OCH3 is 2. The van der Waals surface area contributed by atoms with Crippen LogP contribution < -0.4 is 14.8 Å². The number of nitrogens with zero attached hydrogens (tertiary/aromatic N) is 3. The molecule has 162 valence electrons. The Bertz CT molecular complexity index is 923. The maximum Gasteiger partial charge on any atom is 0.257 e. The molecule has 2 atom stereocenters. The highest BCUT2D eigenvalue weighted by Gasteiger charge is 2.31. The highest BCUT2D eigenvalue weighted by atomic mass is 16.5. The van der Waals surface area contributed by atoms with Gasteiger partial charge in [0.2, 0.25) is 0 Å². The molecule has 6 heteroatoms. The topological polar surface area (TPSA) is 59.5 Å². The zero-order valence-electron chi connectivity index (χ0n) is 18.5. The van der Waals surface area contributed by atoms with E-state index in [2.05, 4.69) is 17.1 Å². The maximum absolute atomic E-state index is 5.49. The summed E-state index contributed by atoms with van der Waals surface area (Å²) in [4.78, 5) is 12.5. The molecule has 0 spiro atoms. The van der Waals surface area contributed by atoms with Crippen LogP contribution in [0, 0.1) is 5.92 Å². The predicted octanol–water partition coefficient (Wildman–Crippen LogP) is 4.20. The van der Waals surface area contributed by atoms with Gasteiger partial charge in [-0.25, -0.2) is 4.98 Å². The third kappa shape index (κ3) is 3.59. The fraction of sp³-hybridized carbons (Fsp3) is 0.667. The van der Waals surface area contributed by atoms with Crippen LogP contribution in [0.15, 0.2) is 6.07 Å². The quantitative estimate of drug-likeness (QED) is 0.797. The Balaban J connectivity index is 1.40. The van der Waals surface area contributed by atoms with E-state index < -0.39 is 0 Å². The molecule has 1 saturated heterocycles. The number of hydrogen-bond acceptors (Lipinski definition) is 6. The van der Waals surface area contributed by atoms with Gasteiger partial charge in [-0.05, 0) is 62.8 Å². The van der Waals surface area contributed by atoms with Crippen molar-refractivity contribution in [1.82, 2.24) is 14.9 Å². The van der Waals surface area contributed by atoms with Gasteiger partial charge < -0.3 is 19.7 Å². The van der Waals surface area contributed by atoms with Gasteiger partial charge in [0.05, 0.1) is 25.4 Å². The van der Waals surface area contributed by atoms with Crippen molar-refractivity contribution in [1.29, 1.82) is 0 Å². The number of aryl methyl sites for hydroxylation is 1. The van der Waals surface area contributed by atoms with Crippen molar-refractivity contribution in [3.05, 3.63) is 17.3 Å². The SMILES string of the molecule is COc1cc2nc3c(c(NC4CCN(C5CCC(C)C5)CC4)c2nc1OC)CCC3. The van der Waals surface area contributed by atoms with Gasteiger partial charge >= 0.3 is 0 Å².